The molecule has 1 saturated carbocycles. The number of hydrogen-bond acceptors (Lipinski definition) is 4. The number of amides is 5. The maximum absolute atomic E-state index is 13.2. The molecule has 5 rings (SSSR count). The third-order valence-corrected chi connectivity index (χ3v) is 6.90. The summed E-state index contributed by atoms with van der Waals surface area (Å²) in [5.74, 6) is -0.0742. The highest BCUT2D eigenvalue weighted by atomic mass is 35.5. The highest BCUT2D eigenvalue weighted by molar-refractivity contribution is 6.34. The van der Waals surface area contributed by atoms with E-state index in [1.165, 1.54) is 15.9 Å². The molecule has 1 N–H and O–H groups in total. The second-order valence-electron chi connectivity index (χ2n) is 8.66. The van der Waals surface area contributed by atoms with Crippen molar-refractivity contribution in [2.45, 2.75) is 31.3 Å². The van der Waals surface area contributed by atoms with Gasteiger partial charge in [-0.25, -0.2) is 9.59 Å². The van der Waals surface area contributed by atoms with Crippen molar-refractivity contribution < 1.29 is 14.4 Å². The molecule has 2 saturated heterocycles. The summed E-state index contributed by atoms with van der Waals surface area (Å²) in [5, 5.41) is 12.1. The summed E-state index contributed by atoms with van der Waals surface area (Å²) in [7, 11) is 0. The van der Waals surface area contributed by atoms with Gasteiger partial charge >= 0.3 is 12.1 Å². The van der Waals surface area contributed by atoms with Crippen molar-refractivity contribution in [3.05, 3.63) is 64.2 Å². The minimum atomic E-state index is -0.674. The van der Waals surface area contributed by atoms with Crippen LogP contribution < -0.4 is 5.32 Å². The van der Waals surface area contributed by atoms with E-state index in [0.29, 0.717) is 29.9 Å². The number of piperazine rings is 1. The van der Waals surface area contributed by atoms with E-state index in [4.69, 9.17) is 16.9 Å². The molecule has 5 amide bonds. The molecule has 0 bridgehead atoms. The second-order valence-corrected chi connectivity index (χ2v) is 9.07. The number of urea groups is 2. The fourth-order valence-corrected chi connectivity index (χ4v) is 5.10. The monoisotopic (exact) mass is 463 g/mol. The van der Waals surface area contributed by atoms with Gasteiger partial charge in [-0.15, -0.1) is 0 Å². The summed E-state index contributed by atoms with van der Waals surface area (Å²) < 4.78 is 0. The van der Waals surface area contributed by atoms with Gasteiger partial charge < -0.3 is 15.1 Å². The minimum Gasteiger partial charge on any atom is -0.320 e. The fourth-order valence-electron chi connectivity index (χ4n) is 4.78. The molecule has 0 aromatic heterocycles. The van der Waals surface area contributed by atoms with Gasteiger partial charge in [-0.3, -0.25) is 9.69 Å². The maximum atomic E-state index is 13.2. The second kappa shape index (κ2) is 8.09. The Morgan fingerprint density at radius 2 is 1.94 bits per heavy atom. The quantitative estimate of drug-likeness (QED) is 0.704. The molecule has 3 aliphatic rings. The number of anilines is 1. The number of hydrogen-bond donors (Lipinski definition) is 1. The highest BCUT2D eigenvalue weighted by Gasteiger charge is 2.56. The van der Waals surface area contributed by atoms with E-state index in [-0.39, 0.29) is 35.5 Å². The Morgan fingerprint density at radius 1 is 1.18 bits per heavy atom. The van der Waals surface area contributed by atoms with E-state index >= 15 is 0 Å². The van der Waals surface area contributed by atoms with Crippen LogP contribution in [0, 0.1) is 18.3 Å². The van der Waals surface area contributed by atoms with Crippen LogP contribution in [0.15, 0.2) is 42.5 Å². The number of nitrogens with one attached hydrogen (secondary N) is 1. The minimum absolute atomic E-state index is 0.125. The van der Waals surface area contributed by atoms with Crippen LogP contribution in [0.2, 0.25) is 5.02 Å². The Balaban J connectivity index is 1.28. The van der Waals surface area contributed by atoms with E-state index in [1.54, 1.807) is 17.9 Å². The zero-order valence-electron chi connectivity index (χ0n) is 18.0. The average Bonchev–Trinajstić information content (AvgIpc) is 3.57. The highest BCUT2D eigenvalue weighted by Crippen LogP contribution is 2.46. The predicted octanol–water partition coefficient (Wildman–Crippen LogP) is 3.56. The van der Waals surface area contributed by atoms with Gasteiger partial charge in [0, 0.05) is 25.0 Å². The van der Waals surface area contributed by atoms with E-state index < -0.39 is 12.1 Å². The van der Waals surface area contributed by atoms with Crippen LogP contribution in [0.5, 0.6) is 0 Å². The number of halogens is 1. The molecule has 8 nitrogen and oxygen atoms in total. The number of carbonyl (C=O) groups excluding carboxylic acids is 3. The molecule has 0 spiro atoms. The SMILES string of the molecule is Cc1cc(C#N)cc(Cl)c1NC(=O)N1CCN2C(=O)N([C@H]3C[C@@H]3c3ccccc3)C(=O)C2C1. The van der Waals surface area contributed by atoms with Crippen molar-refractivity contribution >= 4 is 35.3 Å². The van der Waals surface area contributed by atoms with Gasteiger partial charge in [0.25, 0.3) is 5.91 Å². The van der Waals surface area contributed by atoms with E-state index in [9.17, 15) is 14.4 Å². The molecule has 2 aromatic rings. The summed E-state index contributed by atoms with van der Waals surface area (Å²) in [6, 6.07) is 13.6. The van der Waals surface area contributed by atoms with Crippen LogP contribution >= 0.6 is 11.6 Å². The Labute approximate surface area is 196 Å². The molecule has 1 aliphatic carbocycles. The van der Waals surface area contributed by atoms with Crippen LogP contribution in [-0.4, -0.2) is 64.4 Å². The number of rotatable bonds is 3. The average molecular weight is 464 g/mol. The van der Waals surface area contributed by atoms with E-state index in [1.807, 2.05) is 36.4 Å². The number of carbonyl (C=O) groups is 3. The molecule has 3 fully saturated rings. The van der Waals surface area contributed by atoms with Crippen molar-refractivity contribution in [2.75, 3.05) is 25.0 Å². The van der Waals surface area contributed by atoms with Gasteiger partial charge in [-0.2, -0.15) is 5.26 Å². The van der Waals surface area contributed by atoms with Gasteiger partial charge in [-0.1, -0.05) is 41.9 Å². The summed E-state index contributed by atoms with van der Waals surface area (Å²) in [6.07, 6.45) is 0.767. The molecule has 33 heavy (non-hydrogen) atoms. The summed E-state index contributed by atoms with van der Waals surface area (Å²) in [6.45, 7) is 2.50. The van der Waals surface area contributed by atoms with Crippen LogP contribution in [-0.2, 0) is 4.79 Å². The van der Waals surface area contributed by atoms with E-state index in [0.717, 1.165) is 12.0 Å². The zero-order valence-corrected chi connectivity index (χ0v) is 18.7. The molecular formula is C24H22ClN5O3. The lowest BCUT2D eigenvalue weighted by Gasteiger charge is -2.35. The van der Waals surface area contributed by atoms with Crippen LogP contribution in [0.4, 0.5) is 15.3 Å². The molecule has 1 unspecified atom stereocenters. The first-order valence-corrected chi connectivity index (χ1v) is 11.2. The number of fused-ring (bicyclic) bond motifs is 1. The smallest absolute Gasteiger partial charge is 0.320 e. The molecule has 168 valence electrons. The van der Waals surface area contributed by atoms with Crippen LogP contribution in [0.25, 0.3) is 0 Å². The lowest BCUT2D eigenvalue weighted by atomic mass is 10.1. The predicted molar refractivity (Wildman–Crippen MR) is 122 cm³/mol. The van der Waals surface area contributed by atoms with Gasteiger partial charge in [0.1, 0.15) is 6.04 Å². The number of aryl methyl sites for hydroxylation is 1. The fraction of sp³-hybridized carbons (Fsp3) is 0.333. The Kier molecular flexibility index (Phi) is 5.22. The third kappa shape index (κ3) is 3.68. The largest absolute Gasteiger partial charge is 0.327 e. The van der Waals surface area contributed by atoms with Gasteiger partial charge in [0.15, 0.2) is 0 Å². The maximum Gasteiger partial charge on any atom is 0.327 e. The Hall–Kier alpha value is -3.57. The lowest BCUT2D eigenvalue weighted by molar-refractivity contribution is -0.129. The van der Waals surface area contributed by atoms with Crippen molar-refractivity contribution in [2.24, 2.45) is 0 Å². The molecule has 3 atom stereocenters. The molecule has 2 aliphatic heterocycles. The third-order valence-electron chi connectivity index (χ3n) is 6.61. The number of nitriles is 1. The summed E-state index contributed by atoms with van der Waals surface area (Å²) >= 11 is 6.25. The first-order valence-electron chi connectivity index (χ1n) is 10.8. The van der Waals surface area contributed by atoms with Crippen molar-refractivity contribution in [1.29, 1.82) is 5.26 Å². The molecule has 2 aromatic carbocycles. The molecule has 9 heteroatoms. The van der Waals surface area contributed by atoms with Crippen molar-refractivity contribution in [1.82, 2.24) is 14.7 Å². The van der Waals surface area contributed by atoms with Crippen molar-refractivity contribution in [3.8, 4) is 6.07 Å². The normalized spacial score (nSPS) is 23.9. The lowest BCUT2D eigenvalue weighted by Crippen LogP contribution is -2.55. The van der Waals surface area contributed by atoms with Crippen LogP contribution in [0.1, 0.15) is 29.0 Å². The molecular weight excluding hydrogens is 442 g/mol. The van der Waals surface area contributed by atoms with Crippen molar-refractivity contribution in [3.63, 3.8) is 0 Å². The number of nitrogens with zero attached hydrogens (tertiary/aromatic N) is 4. The Morgan fingerprint density at radius 3 is 2.64 bits per heavy atom. The number of imide groups is 1. The first kappa shape index (κ1) is 21.3. The van der Waals surface area contributed by atoms with Gasteiger partial charge in [0.05, 0.1) is 28.9 Å². The summed E-state index contributed by atoms with van der Waals surface area (Å²) in [5.41, 5.74) is 2.64. The molecule has 2 heterocycles. The Bertz CT molecular complexity index is 1170. The van der Waals surface area contributed by atoms with Gasteiger partial charge in [0.2, 0.25) is 0 Å². The van der Waals surface area contributed by atoms with Gasteiger partial charge in [-0.05, 0) is 36.6 Å². The standard InChI is InChI=1S/C24H22ClN5O3/c1-14-9-15(12-26)10-18(25)21(14)27-23(32)28-7-8-29-20(13-28)22(31)30(24(29)33)19-11-17(19)16-5-3-2-4-6-16/h2-6,9-10,17,19-20H,7-8,11,13H2,1H3,(H,27,32)/t17-,19+,20?/m1/s1. The van der Waals surface area contributed by atoms with E-state index in [2.05, 4.69) is 5.32 Å². The van der Waals surface area contributed by atoms with Crippen LogP contribution in [0.3, 0.4) is 0 Å². The summed E-state index contributed by atoms with van der Waals surface area (Å²) in [4.78, 5) is 43.6. The topological polar surface area (TPSA) is 96.8 Å². The zero-order chi connectivity index (χ0) is 23.3. The molecule has 0 radical (unpaired) electrons. The number of benzene rings is 2. The first-order chi connectivity index (χ1) is 15.9.